The normalized spacial score (nSPS) is 38.6. The molecule has 21 heavy (non-hydrogen) atoms. The summed E-state index contributed by atoms with van der Waals surface area (Å²) in [5, 5.41) is 10.9. The zero-order valence-electron chi connectivity index (χ0n) is 14.4. The highest BCUT2D eigenvalue weighted by atomic mass is 16.3. The second-order valence-electron chi connectivity index (χ2n) is 8.01. The SMILES string of the molecule is CC1=CCC=C(C)CC[C@H]2C(C)(C)[C@@H](/C=C\1)CC[C@]2(C)O. The van der Waals surface area contributed by atoms with E-state index in [4.69, 9.17) is 0 Å². The molecule has 0 aliphatic heterocycles. The third-order valence-electron chi connectivity index (χ3n) is 5.89. The molecule has 0 unspecified atom stereocenters. The van der Waals surface area contributed by atoms with Gasteiger partial charge in [0.15, 0.2) is 0 Å². The minimum absolute atomic E-state index is 0.151. The van der Waals surface area contributed by atoms with Crippen LogP contribution < -0.4 is 0 Å². The Balaban J connectivity index is 2.38. The Morgan fingerprint density at radius 2 is 1.81 bits per heavy atom. The van der Waals surface area contributed by atoms with Gasteiger partial charge in [-0.3, -0.25) is 0 Å². The first-order valence-corrected chi connectivity index (χ1v) is 8.46. The van der Waals surface area contributed by atoms with Crippen molar-refractivity contribution >= 4 is 0 Å². The molecule has 118 valence electrons. The number of hydrogen-bond acceptors (Lipinski definition) is 1. The van der Waals surface area contributed by atoms with Gasteiger partial charge in [-0.1, -0.05) is 49.3 Å². The number of aliphatic hydroxyl groups is 1. The van der Waals surface area contributed by atoms with E-state index in [1.807, 2.05) is 0 Å². The minimum Gasteiger partial charge on any atom is -0.390 e. The molecule has 0 heterocycles. The topological polar surface area (TPSA) is 20.2 Å². The van der Waals surface area contributed by atoms with Gasteiger partial charge in [-0.15, -0.1) is 0 Å². The zero-order valence-corrected chi connectivity index (χ0v) is 14.4. The predicted molar refractivity (Wildman–Crippen MR) is 91.1 cm³/mol. The van der Waals surface area contributed by atoms with E-state index in [1.54, 1.807) is 0 Å². The number of hydrogen-bond donors (Lipinski definition) is 1. The van der Waals surface area contributed by atoms with E-state index in [-0.39, 0.29) is 5.41 Å². The zero-order chi connectivity index (χ0) is 15.7. The molecule has 2 aliphatic rings. The smallest absolute Gasteiger partial charge is 0.0653 e. The van der Waals surface area contributed by atoms with Crippen LogP contribution in [0, 0.1) is 17.3 Å². The van der Waals surface area contributed by atoms with E-state index in [0.717, 1.165) is 32.1 Å². The first kappa shape index (κ1) is 16.5. The van der Waals surface area contributed by atoms with Crippen molar-refractivity contribution in [3.05, 3.63) is 35.5 Å². The molecule has 2 bridgehead atoms. The van der Waals surface area contributed by atoms with Gasteiger partial charge < -0.3 is 5.11 Å². The second kappa shape index (κ2) is 6.12. The molecule has 0 spiro atoms. The summed E-state index contributed by atoms with van der Waals surface area (Å²) in [6.07, 6.45) is 14.6. The average Bonchev–Trinajstić information content (AvgIpc) is 2.35. The Labute approximate surface area is 130 Å². The van der Waals surface area contributed by atoms with Crippen LogP contribution in [0.5, 0.6) is 0 Å². The maximum absolute atomic E-state index is 10.9. The summed E-state index contributed by atoms with van der Waals surface area (Å²) in [7, 11) is 0. The quantitative estimate of drug-likeness (QED) is 0.590. The van der Waals surface area contributed by atoms with Gasteiger partial charge in [-0.05, 0) is 70.1 Å². The summed E-state index contributed by atoms with van der Waals surface area (Å²) in [6, 6.07) is 0. The lowest BCUT2D eigenvalue weighted by molar-refractivity contribution is -0.109. The van der Waals surface area contributed by atoms with E-state index >= 15 is 0 Å². The lowest BCUT2D eigenvalue weighted by Gasteiger charge is -2.52. The van der Waals surface area contributed by atoms with Crippen LogP contribution in [-0.2, 0) is 0 Å². The molecular weight excluding hydrogens is 256 g/mol. The van der Waals surface area contributed by atoms with Gasteiger partial charge in [-0.2, -0.15) is 0 Å². The molecule has 0 aromatic carbocycles. The van der Waals surface area contributed by atoms with Crippen molar-refractivity contribution in [2.75, 3.05) is 0 Å². The van der Waals surface area contributed by atoms with E-state index in [2.05, 4.69) is 58.9 Å². The van der Waals surface area contributed by atoms with Crippen molar-refractivity contribution < 1.29 is 5.11 Å². The molecule has 1 fully saturated rings. The first-order valence-electron chi connectivity index (χ1n) is 8.46. The van der Waals surface area contributed by atoms with Gasteiger partial charge in [0.05, 0.1) is 5.60 Å². The lowest BCUT2D eigenvalue weighted by atomic mass is 9.55. The van der Waals surface area contributed by atoms with Crippen LogP contribution in [0.4, 0.5) is 0 Å². The summed E-state index contributed by atoms with van der Waals surface area (Å²) in [5.41, 5.74) is 2.43. The Kier molecular flexibility index (Phi) is 4.82. The van der Waals surface area contributed by atoms with Crippen molar-refractivity contribution in [2.45, 2.75) is 72.3 Å². The summed E-state index contributed by atoms with van der Waals surface area (Å²) in [4.78, 5) is 0. The highest BCUT2D eigenvalue weighted by molar-refractivity contribution is 5.21. The maximum atomic E-state index is 10.9. The Morgan fingerprint density at radius 3 is 2.52 bits per heavy atom. The summed E-state index contributed by atoms with van der Waals surface area (Å²) in [6.45, 7) is 11.2. The van der Waals surface area contributed by atoms with Gasteiger partial charge >= 0.3 is 0 Å². The molecule has 1 nitrogen and oxygen atoms in total. The Morgan fingerprint density at radius 1 is 1.10 bits per heavy atom. The van der Waals surface area contributed by atoms with Crippen molar-refractivity contribution in [1.82, 2.24) is 0 Å². The van der Waals surface area contributed by atoms with Crippen LogP contribution in [0.25, 0.3) is 0 Å². The number of fused-ring (bicyclic) bond motifs is 2. The van der Waals surface area contributed by atoms with Crippen molar-refractivity contribution in [3.63, 3.8) is 0 Å². The summed E-state index contributed by atoms with van der Waals surface area (Å²) < 4.78 is 0. The molecule has 0 radical (unpaired) electrons. The van der Waals surface area contributed by atoms with Crippen LogP contribution in [0.1, 0.15) is 66.7 Å². The Hall–Kier alpha value is -0.820. The fraction of sp³-hybridized carbons (Fsp3) is 0.700. The molecule has 3 atom stereocenters. The second-order valence-corrected chi connectivity index (χ2v) is 8.01. The molecule has 0 aromatic heterocycles. The number of rotatable bonds is 0. The largest absolute Gasteiger partial charge is 0.390 e. The highest BCUT2D eigenvalue weighted by Gasteiger charge is 2.49. The fourth-order valence-electron chi connectivity index (χ4n) is 4.34. The van der Waals surface area contributed by atoms with E-state index in [9.17, 15) is 5.11 Å². The molecule has 0 aromatic rings. The van der Waals surface area contributed by atoms with Crippen molar-refractivity contribution in [1.29, 1.82) is 0 Å². The molecule has 2 aliphatic carbocycles. The van der Waals surface area contributed by atoms with Gasteiger partial charge in [0.1, 0.15) is 0 Å². The molecule has 1 N–H and O–H groups in total. The standard InChI is InChI=1S/C20H32O/c1-15-7-6-8-16(2)10-12-18-19(3,4)17(11-9-15)13-14-20(18,5)21/h7-9,11,17-18,21H,6,10,12-14H2,1-5H3/b11-9-,15-7?,16-8?/t17-,18-,20-/m0/s1. The molecule has 0 amide bonds. The van der Waals surface area contributed by atoms with Crippen LogP contribution in [-0.4, -0.2) is 10.7 Å². The van der Waals surface area contributed by atoms with Crippen LogP contribution >= 0.6 is 0 Å². The third-order valence-corrected chi connectivity index (χ3v) is 5.89. The van der Waals surface area contributed by atoms with Gasteiger partial charge in [-0.25, -0.2) is 0 Å². The van der Waals surface area contributed by atoms with E-state index < -0.39 is 5.60 Å². The van der Waals surface area contributed by atoms with Crippen molar-refractivity contribution in [2.24, 2.45) is 17.3 Å². The molecule has 2 rings (SSSR count). The first-order chi connectivity index (χ1) is 9.73. The maximum Gasteiger partial charge on any atom is 0.0653 e. The van der Waals surface area contributed by atoms with Gasteiger partial charge in [0.2, 0.25) is 0 Å². The van der Waals surface area contributed by atoms with Crippen molar-refractivity contribution in [3.8, 4) is 0 Å². The van der Waals surface area contributed by atoms with Gasteiger partial charge in [0, 0.05) is 0 Å². The third kappa shape index (κ3) is 3.69. The molecule has 1 heteroatoms. The van der Waals surface area contributed by atoms with Gasteiger partial charge in [0.25, 0.3) is 0 Å². The highest BCUT2D eigenvalue weighted by Crippen LogP contribution is 2.52. The van der Waals surface area contributed by atoms with Crippen LogP contribution in [0.2, 0.25) is 0 Å². The summed E-state index contributed by atoms with van der Waals surface area (Å²) >= 11 is 0. The summed E-state index contributed by atoms with van der Waals surface area (Å²) in [5.74, 6) is 0.926. The molecule has 1 saturated carbocycles. The minimum atomic E-state index is -0.525. The molecular formula is C20H32O. The Bertz CT molecular complexity index is 462. The fourth-order valence-corrected chi connectivity index (χ4v) is 4.34. The van der Waals surface area contributed by atoms with E-state index in [1.165, 1.54) is 11.1 Å². The number of allylic oxidation sites excluding steroid dienone is 6. The van der Waals surface area contributed by atoms with E-state index in [0.29, 0.717) is 11.8 Å². The predicted octanol–water partition coefficient (Wildman–Crippen LogP) is 5.42. The van der Waals surface area contributed by atoms with Crippen LogP contribution in [0.3, 0.4) is 0 Å². The molecule has 0 saturated heterocycles. The average molecular weight is 288 g/mol. The lowest BCUT2D eigenvalue weighted by Crippen LogP contribution is -2.50. The van der Waals surface area contributed by atoms with Crippen LogP contribution in [0.15, 0.2) is 35.5 Å². The monoisotopic (exact) mass is 288 g/mol.